The fraction of sp³-hybridized carbons (Fsp3) is 0.250. The van der Waals surface area contributed by atoms with Crippen molar-refractivity contribution in [2.45, 2.75) is 33.0 Å². The number of nitrogens with zero attached hydrogens (tertiary/aromatic N) is 1. The van der Waals surface area contributed by atoms with Crippen LogP contribution in [0.5, 0.6) is 0 Å². The summed E-state index contributed by atoms with van der Waals surface area (Å²) < 4.78 is 0. The minimum atomic E-state index is -0.593. The molecule has 1 aliphatic rings. The number of fused-ring (bicyclic) bond motifs is 1. The van der Waals surface area contributed by atoms with E-state index in [1.807, 2.05) is 24.3 Å². The van der Waals surface area contributed by atoms with Crippen LogP contribution in [-0.4, -0.2) is 23.8 Å². The second-order valence-electron chi connectivity index (χ2n) is 6.49. The summed E-state index contributed by atoms with van der Waals surface area (Å²) >= 11 is 0. The molecule has 0 aromatic heterocycles. The van der Waals surface area contributed by atoms with Gasteiger partial charge in [0.1, 0.15) is 6.04 Å². The van der Waals surface area contributed by atoms with Gasteiger partial charge in [0.05, 0.1) is 11.4 Å². The second kappa shape index (κ2) is 7.59. The molecule has 2 aromatic carbocycles. The third-order valence-electron chi connectivity index (χ3n) is 4.56. The first-order valence-corrected chi connectivity index (χ1v) is 8.71. The van der Waals surface area contributed by atoms with Crippen LogP contribution in [0.4, 0.5) is 11.4 Å². The lowest BCUT2D eigenvalue weighted by Crippen LogP contribution is -2.48. The van der Waals surface area contributed by atoms with E-state index in [9.17, 15) is 14.4 Å². The highest BCUT2D eigenvalue weighted by molar-refractivity contribution is 6.12. The third kappa shape index (κ3) is 3.83. The van der Waals surface area contributed by atoms with Gasteiger partial charge in [-0.25, -0.2) is 0 Å². The molecule has 1 heterocycles. The Balaban J connectivity index is 1.78. The molecule has 3 amide bonds. The van der Waals surface area contributed by atoms with Gasteiger partial charge < -0.3 is 16.4 Å². The van der Waals surface area contributed by atoms with Crippen molar-refractivity contribution in [2.24, 2.45) is 5.73 Å². The minimum absolute atomic E-state index is 0.226. The molecule has 7 nitrogen and oxygen atoms in total. The van der Waals surface area contributed by atoms with Crippen LogP contribution < -0.4 is 21.3 Å². The van der Waals surface area contributed by atoms with Crippen LogP contribution in [0.1, 0.15) is 35.3 Å². The van der Waals surface area contributed by atoms with Crippen LogP contribution >= 0.6 is 0 Å². The number of amides is 3. The first-order valence-electron chi connectivity index (χ1n) is 8.71. The molecule has 27 heavy (non-hydrogen) atoms. The first kappa shape index (κ1) is 18.6. The van der Waals surface area contributed by atoms with Crippen LogP contribution in [0, 0.1) is 0 Å². The number of carbonyl (C=O) groups excluding carboxylic acids is 3. The Morgan fingerprint density at radius 2 is 1.93 bits per heavy atom. The SMILES string of the molecule is CC(=O)N1c2ccc(C(=O)NCc3cccc(CN)c3)cc2NC(=O)C1C. The lowest BCUT2D eigenvalue weighted by Gasteiger charge is -2.34. The zero-order valence-corrected chi connectivity index (χ0v) is 15.3. The summed E-state index contributed by atoms with van der Waals surface area (Å²) in [6, 6.07) is 12.0. The average Bonchev–Trinajstić information content (AvgIpc) is 2.66. The average molecular weight is 366 g/mol. The molecule has 3 rings (SSSR count). The summed E-state index contributed by atoms with van der Waals surface area (Å²) in [5.74, 6) is -0.775. The van der Waals surface area contributed by atoms with Crippen LogP contribution in [0.3, 0.4) is 0 Å². The van der Waals surface area contributed by atoms with Crippen LogP contribution in [-0.2, 0) is 22.7 Å². The van der Waals surface area contributed by atoms with Crippen molar-refractivity contribution in [1.29, 1.82) is 0 Å². The maximum Gasteiger partial charge on any atom is 0.251 e. The molecule has 140 valence electrons. The van der Waals surface area contributed by atoms with Crippen molar-refractivity contribution in [1.82, 2.24) is 5.32 Å². The summed E-state index contributed by atoms with van der Waals surface area (Å²) in [5.41, 5.74) is 9.02. The van der Waals surface area contributed by atoms with Gasteiger partial charge in [-0.2, -0.15) is 0 Å². The quantitative estimate of drug-likeness (QED) is 0.767. The van der Waals surface area contributed by atoms with E-state index in [-0.39, 0.29) is 17.7 Å². The maximum atomic E-state index is 12.5. The number of hydrogen-bond donors (Lipinski definition) is 3. The zero-order chi connectivity index (χ0) is 19.6. The van der Waals surface area contributed by atoms with E-state index < -0.39 is 6.04 Å². The maximum absolute atomic E-state index is 12.5. The van der Waals surface area contributed by atoms with Crippen molar-refractivity contribution < 1.29 is 14.4 Å². The zero-order valence-electron chi connectivity index (χ0n) is 15.3. The number of anilines is 2. The van der Waals surface area contributed by atoms with Gasteiger partial charge in [0.2, 0.25) is 11.8 Å². The molecule has 0 spiro atoms. The highest BCUT2D eigenvalue weighted by Gasteiger charge is 2.32. The monoisotopic (exact) mass is 366 g/mol. The smallest absolute Gasteiger partial charge is 0.251 e. The molecule has 1 aliphatic heterocycles. The Hall–Kier alpha value is -3.19. The number of rotatable bonds is 4. The Morgan fingerprint density at radius 3 is 2.63 bits per heavy atom. The molecule has 0 aliphatic carbocycles. The van der Waals surface area contributed by atoms with Crippen LogP contribution in [0.2, 0.25) is 0 Å². The molecule has 7 heteroatoms. The lowest BCUT2D eigenvalue weighted by molar-refractivity contribution is -0.122. The molecule has 1 unspecified atom stereocenters. The number of nitrogens with two attached hydrogens (primary N) is 1. The standard InChI is InChI=1S/C20H22N4O3/c1-12-19(26)23-17-9-16(6-7-18(17)24(12)13(2)25)20(27)22-11-15-5-3-4-14(8-15)10-21/h3-9,12H,10-11,21H2,1-2H3,(H,22,27)(H,23,26). The minimum Gasteiger partial charge on any atom is -0.348 e. The molecule has 4 N–H and O–H groups in total. The molecule has 0 radical (unpaired) electrons. The lowest BCUT2D eigenvalue weighted by atomic mass is 10.1. The van der Waals surface area contributed by atoms with Gasteiger partial charge in [0, 0.05) is 25.6 Å². The van der Waals surface area contributed by atoms with Gasteiger partial charge in [0.15, 0.2) is 0 Å². The van der Waals surface area contributed by atoms with E-state index in [1.165, 1.54) is 11.8 Å². The summed E-state index contributed by atoms with van der Waals surface area (Å²) in [4.78, 5) is 37.9. The molecule has 2 aromatic rings. The second-order valence-corrected chi connectivity index (χ2v) is 6.49. The Labute approximate surface area is 157 Å². The summed E-state index contributed by atoms with van der Waals surface area (Å²) in [5, 5.41) is 5.61. The predicted molar refractivity (Wildman–Crippen MR) is 103 cm³/mol. The van der Waals surface area contributed by atoms with E-state index in [0.29, 0.717) is 30.0 Å². The van der Waals surface area contributed by atoms with Crippen LogP contribution in [0.25, 0.3) is 0 Å². The van der Waals surface area contributed by atoms with Crippen molar-refractivity contribution in [3.8, 4) is 0 Å². The van der Waals surface area contributed by atoms with Gasteiger partial charge in [-0.3, -0.25) is 19.3 Å². The van der Waals surface area contributed by atoms with Crippen molar-refractivity contribution >= 4 is 29.1 Å². The Kier molecular flexibility index (Phi) is 5.23. The summed E-state index contributed by atoms with van der Waals surface area (Å²) in [7, 11) is 0. The van der Waals surface area contributed by atoms with Crippen molar-refractivity contribution in [2.75, 3.05) is 10.2 Å². The highest BCUT2D eigenvalue weighted by atomic mass is 16.2. The molecular weight excluding hydrogens is 344 g/mol. The first-order chi connectivity index (χ1) is 12.9. The van der Waals surface area contributed by atoms with Crippen molar-refractivity contribution in [3.05, 3.63) is 59.2 Å². The Morgan fingerprint density at radius 1 is 1.19 bits per heavy atom. The third-order valence-corrected chi connectivity index (χ3v) is 4.56. The molecule has 1 atom stereocenters. The molecule has 0 fully saturated rings. The highest BCUT2D eigenvalue weighted by Crippen LogP contribution is 2.33. The topological polar surface area (TPSA) is 105 Å². The number of benzene rings is 2. The Bertz CT molecular complexity index is 910. The van der Waals surface area contributed by atoms with E-state index in [0.717, 1.165) is 11.1 Å². The number of carbonyl (C=O) groups is 3. The van der Waals surface area contributed by atoms with Crippen LogP contribution in [0.15, 0.2) is 42.5 Å². The van der Waals surface area contributed by atoms with E-state index in [1.54, 1.807) is 25.1 Å². The van der Waals surface area contributed by atoms with Gasteiger partial charge in [-0.05, 0) is 36.2 Å². The van der Waals surface area contributed by atoms with Gasteiger partial charge in [-0.15, -0.1) is 0 Å². The summed E-state index contributed by atoms with van der Waals surface area (Å²) in [6.45, 7) is 3.88. The van der Waals surface area contributed by atoms with Crippen molar-refractivity contribution in [3.63, 3.8) is 0 Å². The molecular formula is C20H22N4O3. The van der Waals surface area contributed by atoms with Gasteiger partial charge in [-0.1, -0.05) is 24.3 Å². The van der Waals surface area contributed by atoms with E-state index >= 15 is 0 Å². The number of nitrogens with one attached hydrogen (secondary N) is 2. The predicted octanol–water partition coefficient (Wildman–Crippen LogP) is 1.77. The van der Waals surface area contributed by atoms with Gasteiger partial charge >= 0.3 is 0 Å². The van der Waals surface area contributed by atoms with Gasteiger partial charge in [0.25, 0.3) is 5.91 Å². The molecule has 0 bridgehead atoms. The molecule has 0 saturated carbocycles. The largest absolute Gasteiger partial charge is 0.348 e. The molecule has 0 saturated heterocycles. The van der Waals surface area contributed by atoms with E-state index in [4.69, 9.17) is 5.73 Å². The summed E-state index contributed by atoms with van der Waals surface area (Å²) in [6.07, 6.45) is 0. The van der Waals surface area contributed by atoms with E-state index in [2.05, 4.69) is 10.6 Å². The fourth-order valence-corrected chi connectivity index (χ4v) is 3.14. The fourth-order valence-electron chi connectivity index (χ4n) is 3.14. The normalized spacial score (nSPS) is 15.7. The number of hydrogen-bond acceptors (Lipinski definition) is 4.